The van der Waals surface area contributed by atoms with Gasteiger partial charge in [-0.15, -0.1) is 11.3 Å². The van der Waals surface area contributed by atoms with Gasteiger partial charge in [0.1, 0.15) is 12.4 Å². The summed E-state index contributed by atoms with van der Waals surface area (Å²) >= 11 is 1.72. The standard InChI is InChI=1S/C20H21NOS/c1-16(18-6-3-2-4-7-18)21-14-17-9-11-19(12-10-17)22-15-20-8-5-13-23-20/h2-13,16,21H,14-15H2,1H3/t16-/m1/s1. The van der Waals surface area contributed by atoms with Crippen LogP contribution in [0.2, 0.25) is 0 Å². The molecule has 0 spiro atoms. The first-order chi connectivity index (χ1) is 11.3. The summed E-state index contributed by atoms with van der Waals surface area (Å²) in [7, 11) is 0. The molecule has 23 heavy (non-hydrogen) atoms. The summed E-state index contributed by atoms with van der Waals surface area (Å²) in [6.45, 7) is 3.68. The normalized spacial score (nSPS) is 12.0. The van der Waals surface area contributed by atoms with Gasteiger partial charge in [0.15, 0.2) is 0 Å². The molecule has 3 heteroatoms. The molecular formula is C20H21NOS. The molecule has 3 rings (SSSR count). The second-order valence-corrected chi connectivity index (χ2v) is 6.56. The number of rotatable bonds is 7. The Morgan fingerprint density at radius 1 is 0.957 bits per heavy atom. The lowest BCUT2D eigenvalue weighted by Gasteiger charge is -2.14. The molecule has 2 aromatic carbocycles. The van der Waals surface area contributed by atoms with Gasteiger partial charge in [0, 0.05) is 17.5 Å². The lowest BCUT2D eigenvalue weighted by atomic mass is 10.1. The van der Waals surface area contributed by atoms with Gasteiger partial charge in [-0.1, -0.05) is 48.5 Å². The zero-order chi connectivity index (χ0) is 15.9. The molecule has 0 saturated carbocycles. The SMILES string of the molecule is C[C@@H](NCc1ccc(OCc2cccs2)cc1)c1ccccc1. The van der Waals surface area contributed by atoms with E-state index in [0.29, 0.717) is 12.6 Å². The van der Waals surface area contributed by atoms with Crippen LogP contribution < -0.4 is 10.1 Å². The summed E-state index contributed by atoms with van der Waals surface area (Å²) < 4.78 is 5.79. The average molecular weight is 323 g/mol. The number of nitrogens with one attached hydrogen (secondary N) is 1. The van der Waals surface area contributed by atoms with Crippen LogP contribution in [0.25, 0.3) is 0 Å². The smallest absolute Gasteiger partial charge is 0.122 e. The van der Waals surface area contributed by atoms with Crippen LogP contribution >= 0.6 is 11.3 Å². The number of ether oxygens (including phenoxy) is 1. The Bertz CT molecular complexity index is 692. The van der Waals surface area contributed by atoms with Crippen LogP contribution in [-0.4, -0.2) is 0 Å². The molecule has 3 aromatic rings. The van der Waals surface area contributed by atoms with Crippen LogP contribution in [0.3, 0.4) is 0 Å². The molecule has 0 radical (unpaired) electrons. The van der Waals surface area contributed by atoms with E-state index in [9.17, 15) is 0 Å². The quantitative estimate of drug-likeness (QED) is 0.647. The minimum Gasteiger partial charge on any atom is -0.488 e. The van der Waals surface area contributed by atoms with E-state index in [2.05, 4.69) is 60.1 Å². The third-order valence-corrected chi connectivity index (χ3v) is 4.65. The Morgan fingerprint density at radius 3 is 2.43 bits per heavy atom. The summed E-state index contributed by atoms with van der Waals surface area (Å²) in [5.41, 5.74) is 2.57. The van der Waals surface area contributed by atoms with Crippen LogP contribution in [0.1, 0.15) is 29.0 Å². The molecule has 1 aromatic heterocycles. The third kappa shape index (κ3) is 4.68. The van der Waals surface area contributed by atoms with Crippen LogP contribution in [0.15, 0.2) is 72.1 Å². The number of thiophene rings is 1. The van der Waals surface area contributed by atoms with Crippen molar-refractivity contribution in [3.63, 3.8) is 0 Å². The highest BCUT2D eigenvalue weighted by Gasteiger charge is 2.04. The first kappa shape index (κ1) is 15.8. The van der Waals surface area contributed by atoms with Crippen LogP contribution in [0.5, 0.6) is 5.75 Å². The maximum atomic E-state index is 5.79. The van der Waals surface area contributed by atoms with Crippen molar-refractivity contribution in [1.29, 1.82) is 0 Å². The van der Waals surface area contributed by atoms with Crippen molar-refractivity contribution in [2.75, 3.05) is 0 Å². The van der Waals surface area contributed by atoms with Crippen molar-refractivity contribution < 1.29 is 4.74 Å². The number of hydrogen-bond acceptors (Lipinski definition) is 3. The zero-order valence-electron chi connectivity index (χ0n) is 13.2. The first-order valence-electron chi connectivity index (χ1n) is 7.84. The second kappa shape index (κ2) is 7.95. The Balaban J connectivity index is 1.49. The van der Waals surface area contributed by atoms with E-state index in [4.69, 9.17) is 4.74 Å². The van der Waals surface area contributed by atoms with Crippen LogP contribution in [0, 0.1) is 0 Å². The van der Waals surface area contributed by atoms with Gasteiger partial charge in [-0.25, -0.2) is 0 Å². The van der Waals surface area contributed by atoms with Crippen molar-refractivity contribution in [3.8, 4) is 5.75 Å². The van der Waals surface area contributed by atoms with Gasteiger partial charge in [0.25, 0.3) is 0 Å². The third-order valence-electron chi connectivity index (χ3n) is 3.80. The van der Waals surface area contributed by atoms with Gasteiger partial charge < -0.3 is 10.1 Å². The monoisotopic (exact) mass is 323 g/mol. The average Bonchev–Trinajstić information content (AvgIpc) is 3.13. The predicted octanol–water partition coefficient (Wildman–Crippen LogP) is 5.18. The molecule has 0 bridgehead atoms. The number of hydrogen-bond donors (Lipinski definition) is 1. The molecule has 2 nitrogen and oxygen atoms in total. The molecule has 1 atom stereocenters. The van der Waals surface area contributed by atoms with Gasteiger partial charge in [0.2, 0.25) is 0 Å². The highest BCUT2D eigenvalue weighted by atomic mass is 32.1. The van der Waals surface area contributed by atoms with Gasteiger partial charge in [0.05, 0.1) is 0 Å². The van der Waals surface area contributed by atoms with Crippen molar-refractivity contribution >= 4 is 11.3 Å². The molecular weight excluding hydrogens is 302 g/mol. The Kier molecular flexibility index (Phi) is 5.46. The first-order valence-corrected chi connectivity index (χ1v) is 8.72. The molecule has 0 aliphatic rings. The van der Waals surface area contributed by atoms with E-state index in [1.807, 2.05) is 24.3 Å². The van der Waals surface area contributed by atoms with E-state index < -0.39 is 0 Å². The van der Waals surface area contributed by atoms with E-state index in [1.165, 1.54) is 16.0 Å². The fourth-order valence-corrected chi connectivity index (χ4v) is 3.00. The van der Waals surface area contributed by atoms with Crippen LogP contribution in [-0.2, 0) is 13.2 Å². The molecule has 1 heterocycles. The summed E-state index contributed by atoms with van der Waals surface area (Å²) in [6.07, 6.45) is 0. The highest BCUT2D eigenvalue weighted by Crippen LogP contribution is 2.17. The maximum absolute atomic E-state index is 5.79. The lowest BCUT2D eigenvalue weighted by molar-refractivity contribution is 0.309. The molecule has 0 saturated heterocycles. The fraction of sp³-hybridized carbons (Fsp3) is 0.200. The fourth-order valence-electron chi connectivity index (χ4n) is 2.38. The summed E-state index contributed by atoms with van der Waals surface area (Å²) in [5, 5.41) is 5.62. The second-order valence-electron chi connectivity index (χ2n) is 5.53. The van der Waals surface area contributed by atoms with Gasteiger partial charge in [-0.2, -0.15) is 0 Å². The molecule has 0 aliphatic carbocycles. The van der Waals surface area contributed by atoms with Crippen molar-refractivity contribution in [2.24, 2.45) is 0 Å². The van der Waals surface area contributed by atoms with Crippen molar-refractivity contribution in [1.82, 2.24) is 5.32 Å². The van der Waals surface area contributed by atoms with Gasteiger partial charge in [-0.05, 0) is 41.6 Å². The highest BCUT2D eigenvalue weighted by molar-refractivity contribution is 7.09. The van der Waals surface area contributed by atoms with E-state index in [0.717, 1.165) is 12.3 Å². The molecule has 0 aliphatic heterocycles. The number of benzene rings is 2. The Labute approximate surface area is 141 Å². The molecule has 118 valence electrons. The topological polar surface area (TPSA) is 21.3 Å². The van der Waals surface area contributed by atoms with Gasteiger partial charge in [-0.3, -0.25) is 0 Å². The minimum atomic E-state index is 0.339. The van der Waals surface area contributed by atoms with E-state index in [1.54, 1.807) is 11.3 Å². The van der Waals surface area contributed by atoms with Crippen molar-refractivity contribution in [3.05, 3.63) is 88.1 Å². The molecule has 1 N–H and O–H groups in total. The van der Waals surface area contributed by atoms with Crippen LogP contribution in [0.4, 0.5) is 0 Å². The lowest BCUT2D eigenvalue weighted by Crippen LogP contribution is -2.17. The van der Waals surface area contributed by atoms with E-state index >= 15 is 0 Å². The Hall–Kier alpha value is -2.10. The Morgan fingerprint density at radius 2 is 1.74 bits per heavy atom. The largest absolute Gasteiger partial charge is 0.488 e. The summed E-state index contributed by atoms with van der Waals surface area (Å²) in [4.78, 5) is 1.24. The predicted molar refractivity (Wildman–Crippen MR) is 96.8 cm³/mol. The summed E-state index contributed by atoms with van der Waals surface area (Å²) in [6, 6.07) is 23.3. The molecule has 0 amide bonds. The molecule has 0 fully saturated rings. The van der Waals surface area contributed by atoms with Gasteiger partial charge >= 0.3 is 0 Å². The van der Waals surface area contributed by atoms with E-state index in [-0.39, 0.29) is 0 Å². The molecule has 0 unspecified atom stereocenters. The summed E-state index contributed by atoms with van der Waals surface area (Å²) in [5.74, 6) is 0.915. The zero-order valence-corrected chi connectivity index (χ0v) is 14.1. The van der Waals surface area contributed by atoms with Crippen molar-refractivity contribution in [2.45, 2.75) is 26.1 Å². The maximum Gasteiger partial charge on any atom is 0.122 e. The minimum absolute atomic E-state index is 0.339.